The smallest absolute Gasteiger partial charge is 0.157 e. The van der Waals surface area contributed by atoms with E-state index in [0.29, 0.717) is 5.92 Å². The number of hydrogen-bond donors (Lipinski definition) is 0. The van der Waals surface area contributed by atoms with Gasteiger partial charge in [-0.2, -0.15) is 5.10 Å². The maximum absolute atomic E-state index is 6.13. The Morgan fingerprint density at radius 3 is 2.79 bits per heavy atom. The van der Waals surface area contributed by atoms with Gasteiger partial charge in [-0.3, -0.25) is 0 Å². The maximum atomic E-state index is 6.13. The molecule has 3 nitrogen and oxygen atoms in total. The average Bonchev–Trinajstić information content (AvgIpc) is 2.42. The van der Waals surface area contributed by atoms with Gasteiger partial charge in [-0.1, -0.05) is 25.4 Å². The Morgan fingerprint density at radius 2 is 2.14 bits per heavy atom. The van der Waals surface area contributed by atoms with Gasteiger partial charge in [-0.15, -0.1) is 0 Å². The number of rotatable bonds is 1. The molecular weight excluding hydrogens is 198 g/mol. The molecule has 0 aliphatic heterocycles. The molecule has 0 spiro atoms. The molecule has 2 aromatic rings. The van der Waals surface area contributed by atoms with E-state index in [1.54, 1.807) is 4.52 Å². The Labute approximate surface area is 87.7 Å². The highest BCUT2D eigenvalue weighted by Gasteiger charge is 2.08. The Hall–Kier alpha value is -1.09. The van der Waals surface area contributed by atoms with Crippen LogP contribution in [-0.2, 0) is 0 Å². The van der Waals surface area contributed by atoms with Crippen molar-refractivity contribution in [1.29, 1.82) is 0 Å². The summed E-state index contributed by atoms with van der Waals surface area (Å²) in [6, 6.07) is 1.86. The average molecular weight is 210 g/mol. The van der Waals surface area contributed by atoms with E-state index in [9.17, 15) is 0 Å². The van der Waals surface area contributed by atoms with E-state index >= 15 is 0 Å². The van der Waals surface area contributed by atoms with Gasteiger partial charge in [0, 0.05) is 17.3 Å². The zero-order chi connectivity index (χ0) is 10.3. The molecule has 14 heavy (non-hydrogen) atoms. The third kappa shape index (κ3) is 1.48. The molecule has 0 amide bonds. The number of nitrogens with zero attached hydrogens (tertiary/aromatic N) is 3. The summed E-state index contributed by atoms with van der Waals surface area (Å²) in [5.74, 6) is 1.17. The Kier molecular flexibility index (Phi) is 2.19. The number of hydrogen-bond acceptors (Lipinski definition) is 2. The van der Waals surface area contributed by atoms with Gasteiger partial charge < -0.3 is 0 Å². The second-order valence-electron chi connectivity index (χ2n) is 3.69. The van der Waals surface area contributed by atoms with Crippen molar-refractivity contribution in [2.75, 3.05) is 0 Å². The van der Waals surface area contributed by atoms with E-state index in [4.69, 9.17) is 11.6 Å². The topological polar surface area (TPSA) is 30.2 Å². The van der Waals surface area contributed by atoms with Crippen LogP contribution in [0.15, 0.2) is 12.3 Å². The summed E-state index contributed by atoms with van der Waals surface area (Å²) < 4.78 is 1.77. The molecule has 0 bridgehead atoms. The minimum atomic E-state index is 0.399. The summed E-state index contributed by atoms with van der Waals surface area (Å²) in [5, 5.41) is 5.01. The highest BCUT2D eigenvalue weighted by Crippen LogP contribution is 2.24. The number of halogens is 1. The molecule has 0 saturated carbocycles. The fourth-order valence-electron chi connectivity index (χ4n) is 1.45. The molecule has 4 heteroatoms. The van der Waals surface area contributed by atoms with E-state index in [-0.39, 0.29) is 0 Å². The fourth-order valence-corrected chi connectivity index (χ4v) is 1.82. The van der Waals surface area contributed by atoms with Crippen LogP contribution in [0.25, 0.3) is 5.65 Å². The van der Waals surface area contributed by atoms with Crippen LogP contribution >= 0.6 is 11.6 Å². The van der Waals surface area contributed by atoms with Gasteiger partial charge in [-0.05, 0) is 18.4 Å². The van der Waals surface area contributed by atoms with Gasteiger partial charge in [-0.25, -0.2) is 9.50 Å². The van der Waals surface area contributed by atoms with Gasteiger partial charge >= 0.3 is 0 Å². The summed E-state index contributed by atoms with van der Waals surface area (Å²) in [7, 11) is 0. The van der Waals surface area contributed by atoms with E-state index in [0.717, 1.165) is 22.1 Å². The summed E-state index contributed by atoms with van der Waals surface area (Å²) in [6.07, 6.45) is 1.95. The van der Waals surface area contributed by atoms with Crippen LogP contribution in [0.3, 0.4) is 0 Å². The minimum absolute atomic E-state index is 0.399. The molecule has 74 valence electrons. The van der Waals surface area contributed by atoms with Crippen LogP contribution in [0.1, 0.15) is 31.2 Å². The molecule has 0 radical (unpaired) electrons. The van der Waals surface area contributed by atoms with Gasteiger partial charge in [0.25, 0.3) is 0 Å². The lowest BCUT2D eigenvalue weighted by molar-refractivity contribution is 0.832. The zero-order valence-corrected chi connectivity index (χ0v) is 9.21. The number of aromatic nitrogens is 3. The van der Waals surface area contributed by atoms with Crippen LogP contribution in [0.2, 0.25) is 5.02 Å². The summed E-state index contributed by atoms with van der Waals surface area (Å²) in [5.41, 5.74) is 1.90. The van der Waals surface area contributed by atoms with Crippen molar-refractivity contribution in [1.82, 2.24) is 14.6 Å². The van der Waals surface area contributed by atoms with Crippen molar-refractivity contribution >= 4 is 17.2 Å². The molecule has 2 rings (SSSR count). The normalized spacial score (nSPS) is 11.5. The molecule has 2 aromatic heterocycles. The molecule has 0 saturated heterocycles. The second-order valence-corrected chi connectivity index (χ2v) is 4.10. The van der Waals surface area contributed by atoms with Crippen LogP contribution in [0, 0.1) is 6.92 Å². The third-order valence-electron chi connectivity index (χ3n) is 2.18. The van der Waals surface area contributed by atoms with E-state index < -0.39 is 0 Å². The minimum Gasteiger partial charge on any atom is -0.221 e. The van der Waals surface area contributed by atoms with Gasteiger partial charge in [0.15, 0.2) is 5.65 Å². The third-order valence-corrected chi connectivity index (χ3v) is 2.51. The lowest BCUT2D eigenvalue weighted by atomic mass is 10.1. The molecule has 0 aliphatic rings. The van der Waals surface area contributed by atoms with Crippen LogP contribution in [0.5, 0.6) is 0 Å². The van der Waals surface area contributed by atoms with Crippen molar-refractivity contribution in [3.05, 3.63) is 28.7 Å². The molecule has 0 fully saturated rings. The zero-order valence-electron chi connectivity index (χ0n) is 8.45. The Morgan fingerprint density at radius 1 is 1.43 bits per heavy atom. The highest BCUT2D eigenvalue weighted by atomic mass is 35.5. The van der Waals surface area contributed by atoms with Crippen molar-refractivity contribution < 1.29 is 0 Å². The Balaban J connectivity index is 2.70. The molecule has 0 aliphatic carbocycles. The first-order valence-corrected chi connectivity index (χ1v) is 4.98. The molecule has 0 atom stereocenters. The predicted molar refractivity (Wildman–Crippen MR) is 56.8 cm³/mol. The lowest BCUT2D eigenvalue weighted by Crippen LogP contribution is -1.95. The second kappa shape index (κ2) is 3.24. The fraction of sp³-hybridized carbons (Fsp3) is 0.400. The molecule has 0 aromatic carbocycles. The standard InChI is InChI=1S/C10H12ClN3/c1-6(2)8-5-14-10(4-9(8)11)12-7(3)13-14/h4-6H,1-3H3. The SMILES string of the molecule is Cc1nc2cc(Cl)c(C(C)C)cn2n1. The van der Waals surface area contributed by atoms with Crippen LogP contribution < -0.4 is 0 Å². The summed E-state index contributed by atoms with van der Waals surface area (Å²) in [4.78, 5) is 4.24. The first-order chi connectivity index (χ1) is 6.58. The Bertz CT molecular complexity index is 473. The van der Waals surface area contributed by atoms with Crippen LogP contribution in [0.4, 0.5) is 0 Å². The number of aryl methyl sites for hydroxylation is 1. The lowest BCUT2D eigenvalue weighted by Gasteiger charge is -2.07. The van der Waals surface area contributed by atoms with Gasteiger partial charge in [0.1, 0.15) is 5.82 Å². The van der Waals surface area contributed by atoms with Gasteiger partial charge in [0.05, 0.1) is 0 Å². The van der Waals surface area contributed by atoms with Gasteiger partial charge in [0.2, 0.25) is 0 Å². The monoisotopic (exact) mass is 209 g/mol. The van der Waals surface area contributed by atoms with E-state index in [1.165, 1.54) is 0 Å². The van der Waals surface area contributed by atoms with Crippen LogP contribution in [-0.4, -0.2) is 14.6 Å². The number of pyridine rings is 1. The first-order valence-electron chi connectivity index (χ1n) is 4.60. The van der Waals surface area contributed by atoms with E-state index in [1.807, 2.05) is 19.2 Å². The van der Waals surface area contributed by atoms with Crippen molar-refractivity contribution in [2.45, 2.75) is 26.7 Å². The van der Waals surface area contributed by atoms with Crippen molar-refractivity contribution in [3.63, 3.8) is 0 Å². The molecule has 0 N–H and O–H groups in total. The first kappa shape index (κ1) is 9.46. The van der Waals surface area contributed by atoms with Crippen molar-refractivity contribution in [2.24, 2.45) is 0 Å². The number of fused-ring (bicyclic) bond motifs is 1. The summed E-state index contributed by atoms with van der Waals surface area (Å²) in [6.45, 7) is 6.09. The van der Waals surface area contributed by atoms with E-state index in [2.05, 4.69) is 23.9 Å². The highest BCUT2D eigenvalue weighted by molar-refractivity contribution is 6.31. The quantitative estimate of drug-likeness (QED) is 0.723. The molecule has 0 unspecified atom stereocenters. The predicted octanol–water partition coefficient (Wildman–Crippen LogP) is 2.81. The summed E-state index contributed by atoms with van der Waals surface area (Å²) >= 11 is 6.13. The van der Waals surface area contributed by atoms with Crippen molar-refractivity contribution in [3.8, 4) is 0 Å². The largest absolute Gasteiger partial charge is 0.221 e. The molecule has 2 heterocycles. The maximum Gasteiger partial charge on any atom is 0.157 e. The molecular formula is C10H12ClN3.